The standard InChI is InChI=1S/C20H20N4O2/c1-14(16-7-5-15(11-21)6-8-16)13-23-10-9-19(25)24-18-4-2-3-17(12-22)20(18)26/h2-8,14,23,26H,9-10,13H2,1H3,(H,24,25). The minimum absolute atomic E-state index is 0.122. The molecule has 2 aromatic rings. The Bertz CT molecular complexity index is 848. The van der Waals surface area contributed by atoms with Crippen molar-refractivity contribution in [1.29, 1.82) is 10.5 Å². The van der Waals surface area contributed by atoms with Gasteiger partial charge in [0.2, 0.25) is 5.91 Å². The number of amides is 1. The molecule has 26 heavy (non-hydrogen) atoms. The van der Waals surface area contributed by atoms with E-state index >= 15 is 0 Å². The van der Waals surface area contributed by atoms with Crippen molar-refractivity contribution in [2.75, 3.05) is 18.4 Å². The third-order valence-electron chi connectivity index (χ3n) is 4.02. The number of nitrogens with one attached hydrogen (secondary N) is 2. The molecular formula is C20H20N4O2. The van der Waals surface area contributed by atoms with Gasteiger partial charge in [0.05, 0.1) is 22.9 Å². The van der Waals surface area contributed by atoms with Crippen LogP contribution in [0.1, 0.15) is 36.0 Å². The van der Waals surface area contributed by atoms with Crippen LogP contribution in [-0.2, 0) is 4.79 Å². The molecule has 0 heterocycles. The third kappa shape index (κ3) is 5.07. The molecule has 132 valence electrons. The number of carbonyl (C=O) groups excluding carboxylic acids is 1. The molecule has 0 aliphatic rings. The highest BCUT2D eigenvalue weighted by Gasteiger charge is 2.10. The molecule has 0 bridgehead atoms. The summed E-state index contributed by atoms with van der Waals surface area (Å²) in [7, 11) is 0. The minimum atomic E-state index is -0.242. The van der Waals surface area contributed by atoms with E-state index in [-0.39, 0.29) is 35.2 Å². The smallest absolute Gasteiger partial charge is 0.225 e. The van der Waals surface area contributed by atoms with Crippen LogP contribution in [0.2, 0.25) is 0 Å². The molecule has 0 aromatic heterocycles. The van der Waals surface area contributed by atoms with Crippen molar-refractivity contribution >= 4 is 11.6 Å². The van der Waals surface area contributed by atoms with Gasteiger partial charge in [-0.25, -0.2) is 0 Å². The second kappa shape index (κ2) is 9.22. The van der Waals surface area contributed by atoms with E-state index < -0.39 is 0 Å². The van der Waals surface area contributed by atoms with Gasteiger partial charge < -0.3 is 15.7 Å². The number of anilines is 1. The zero-order valence-corrected chi connectivity index (χ0v) is 14.5. The summed E-state index contributed by atoms with van der Waals surface area (Å²) in [5.74, 6) is -0.207. The molecule has 0 saturated carbocycles. The lowest BCUT2D eigenvalue weighted by molar-refractivity contribution is -0.116. The van der Waals surface area contributed by atoms with E-state index in [1.54, 1.807) is 24.3 Å². The zero-order chi connectivity index (χ0) is 18.9. The zero-order valence-electron chi connectivity index (χ0n) is 14.5. The van der Waals surface area contributed by atoms with E-state index in [0.717, 1.165) is 5.56 Å². The first-order valence-electron chi connectivity index (χ1n) is 8.28. The highest BCUT2D eigenvalue weighted by atomic mass is 16.3. The number of hydrogen-bond donors (Lipinski definition) is 3. The molecule has 1 atom stereocenters. The lowest BCUT2D eigenvalue weighted by atomic mass is 10.00. The number of para-hydroxylation sites is 1. The number of nitriles is 2. The molecule has 1 amide bonds. The summed E-state index contributed by atoms with van der Waals surface area (Å²) in [4.78, 5) is 12.0. The normalized spacial score (nSPS) is 11.2. The lowest BCUT2D eigenvalue weighted by Gasteiger charge is -2.13. The number of phenols is 1. The summed E-state index contributed by atoms with van der Waals surface area (Å²) in [5, 5.41) is 33.4. The van der Waals surface area contributed by atoms with Crippen molar-refractivity contribution < 1.29 is 9.90 Å². The molecule has 0 aliphatic heterocycles. The van der Waals surface area contributed by atoms with Gasteiger partial charge in [-0.15, -0.1) is 0 Å². The summed E-state index contributed by atoms with van der Waals surface area (Å²) in [6, 6.07) is 16.0. The van der Waals surface area contributed by atoms with Crippen LogP contribution < -0.4 is 10.6 Å². The molecule has 0 aliphatic carbocycles. The van der Waals surface area contributed by atoms with Crippen LogP contribution in [0.3, 0.4) is 0 Å². The number of nitrogens with zero attached hydrogens (tertiary/aromatic N) is 2. The molecular weight excluding hydrogens is 328 g/mol. The van der Waals surface area contributed by atoms with Crippen LogP contribution >= 0.6 is 0 Å². The van der Waals surface area contributed by atoms with Gasteiger partial charge in [0, 0.05) is 19.5 Å². The van der Waals surface area contributed by atoms with Crippen LogP contribution in [0.25, 0.3) is 0 Å². The fourth-order valence-corrected chi connectivity index (χ4v) is 2.47. The summed E-state index contributed by atoms with van der Waals surface area (Å²) < 4.78 is 0. The molecule has 2 rings (SSSR count). The predicted octanol–water partition coefficient (Wildman–Crippen LogP) is 2.86. The summed E-state index contributed by atoms with van der Waals surface area (Å²) >= 11 is 0. The third-order valence-corrected chi connectivity index (χ3v) is 4.02. The predicted molar refractivity (Wildman–Crippen MR) is 98.5 cm³/mol. The van der Waals surface area contributed by atoms with E-state index in [1.807, 2.05) is 18.2 Å². The number of aromatic hydroxyl groups is 1. The molecule has 2 aromatic carbocycles. The van der Waals surface area contributed by atoms with Gasteiger partial charge in [-0.3, -0.25) is 4.79 Å². The molecule has 6 heteroatoms. The van der Waals surface area contributed by atoms with E-state index in [4.69, 9.17) is 10.5 Å². The van der Waals surface area contributed by atoms with Gasteiger partial charge in [-0.1, -0.05) is 25.1 Å². The first-order valence-corrected chi connectivity index (χ1v) is 8.28. The maximum absolute atomic E-state index is 12.0. The summed E-state index contributed by atoms with van der Waals surface area (Å²) in [5.41, 5.74) is 2.12. The number of carbonyl (C=O) groups is 1. The molecule has 0 saturated heterocycles. The molecule has 0 fully saturated rings. The van der Waals surface area contributed by atoms with Crippen LogP contribution in [-0.4, -0.2) is 24.1 Å². The Balaban J connectivity index is 1.76. The van der Waals surface area contributed by atoms with Crippen LogP contribution in [0.5, 0.6) is 5.75 Å². The minimum Gasteiger partial charge on any atom is -0.504 e. The monoisotopic (exact) mass is 348 g/mol. The largest absolute Gasteiger partial charge is 0.504 e. The highest BCUT2D eigenvalue weighted by Crippen LogP contribution is 2.26. The van der Waals surface area contributed by atoms with Gasteiger partial charge in [0.15, 0.2) is 5.75 Å². The Labute approximate surface area is 152 Å². The van der Waals surface area contributed by atoms with Crippen molar-refractivity contribution in [3.8, 4) is 17.9 Å². The number of phenolic OH excluding ortho intramolecular Hbond substituents is 1. The quantitative estimate of drug-likeness (QED) is 0.526. The van der Waals surface area contributed by atoms with Crippen molar-refractivity contribution in [2.45, 2.75) is 19.3 Å². The van der Waals surface area contributed by atoms with E-state index in [0.29, 0.717) is 18.7 Å². The fourth-order valence-electron chi connectivity index (χ4n) is 2.47. The van der Waals surface area contributed by atoms with Crippen molar-refractivity contribution in [1.82, 2.24) is 5.32 Å². The van der Waals surface area contributed by atoms with Crippen LogP contribution in [0.4, 0.5) is 5.69 Å². The fraction of sp³-hybridized carbons (Fsp3) is 0.250. The van der Waals surface area contributed by atoms with Gasteiger partial charge in [0.1, 0.15) is 6.07 Å². The van der Waals surface area contributed by atoms with E-state index in [9.17, 15) is 9.90 Å². The SMILES string of the molecule is CC(CNCCC(=O)Nc1cccc(C#N)c1O)c1ccc(C#N)cc1. The van der Waals surface area contributed by atoms with Crippen molar-refractivity contribution in [3.63, 3.8) is 0 Å². The molecule has 0 spiro atoms. The van der Waals surface area contributed by atoms with Gasteiger partial charge in [0.25, 0.3) is 0 Å². The average Bonchev–Trinajstić information content (AvgIpc) is 2.66. The van der Waals surface area contributed by atoms with Gasteiger partial charge >= 0.3 is 0 Å². The maximum atomic E-state index is 12.0. The second-order valence-corrected chi connectivity index (χ2v) is 5.95. The topological polar surface area (TPSA) is 109 Å². The van der Waals surface area contributed by atoms with Gasteiger partial charge in [-0.2, -0.15) is 10.5 Å². The number of rotatable bonds is 7. The number of hydrogen-bond acceptors (Lipinski definition) is 5. The Hall–Kier alpha value is -3.35. The van der Waals surface area contributed by atoms with Crippen molar-refractivity contribution in [3.05, 3.63) is 59.2 Å². The lowest BCUT2D eigenvalue weighted by Crippen LogP contribution is -2.25. The second-order valence-electron chi connectivity index (χ2n) is 5.95. The maximum Gasteiger partial charge on any atom is 0.225 e. The average molecular weight is 348 g/mol. The summed E-state index contributed by atoms with van der Waals surface area (Å²) in [6.45, 7) is 3.26. The highest BCUT2D eigenvalue weighted by molar-refractivity contribution is 5.92. The Morgan fingerprint density at radius 3 is 2.54 bits per heavy atom. The molecule has 6 nitrogen and oxygen atoms in total. The van der Waals surface area contributed by atoms with E-state index in [1.165, 1.54) is 6.07 Å². The van der Waals surface area contributed by atoms with E-state index in [2.05, 4.69) is 23.6 Å². The Kier molecular flexibility index (Phi) is 6.73. The Morgan fingerprint density at radius 2 is 1.88 bits per heavy atom. The van der Waals surface area contributed by atoms with Crippen LogP contribution in [0.15, 0.2) is 42.5 Å². The van der Waals surface area contributed by atoms with Crippen LogP contribution in [0, 0.1) is 22.7 Å². The number of benzene rings is 2. The first-order chi connectivity index (χ1) is 12.5. The first kappa shape index (κ1) is 19.0. The molecule has 0 radical (unpaired) electrons. The Morgan fingerprint density at radius 1 is 1.15 bits per heavy atom. The molecule has 1 unspecified atom stereocenters. The summed E-state index contributed by atoms with van der Waals surface area (Å²) in [6.07, 6.45) is 0.246. The van der Waals surface area contributed by atoms with Gasteiger partial charge in [-0.05, 0) is 35.7 Å². The van der Waals surface area contributed by atoms with Crippen molar-refractivity contribution in [2.24, 2.45) is 0 Å². The molecule has 3 N–H and O–H groups in total.